The molecule has 0 amide bonds. The molecular formula is C13H12BrFN2O. The molecule has 0 bridgehead atoms. The van der Waals surface area contributed by atoms with Crippen molar-refractivity contribution >= 4 is 15.9 Å². The highest BCUT2D eigenvalue weighted by molar-refractivity contribution is 9.10. The average molecular weight is 311 g/mol. The van der Waals surface area contributed by atoms with Gasteiger partial charge < -0.3 is 5.11 Å². The van der Waals surface area contributed by atoms with Crippen molar-refractivity contribution in [3.8, 4) is 11.3 Å². The fourth-order valence-corrected chi connectivity index (χ4v) is 1.86. The second-order valence-corrected chi connectivity index (χ2v) is 5.36. The van der Waals surface area contributed by atoms with Gasteiger partial charge in [0.25, 0.3) is 0 Å². The molecule has 0 unspecified atom stereocenters. The molecule has 0 saturated heterocycles. The van der Waals surface area contributed by atoms with Crippen LogP contribution in [0.1, 0.15) is 19.7 Å². The Bertz CT molecular complexity index is 581. The first-order chi connectivity index (χ1) is 8.38. The highest BCUT2D eigenvalue weighted by Crippen LogP contribution is 2.26. The molecule has 0 spiro atoms. The van der Waals surface area contributed by atoms with E-state index >= 15 is 0 Å². The van der Waals surface area contributed by atoms with Gasteiger partial charge in [-0.3, -0.25) is 0 Å². The maximum Gasteiger partial charge on any atom is 0.160 e. The molecule has 5 heteroatoms. The average Bonchev–Trinajstić information content (AvgIpc) is 2.31. The zero-order chi connectivity index (χ0) is 13.3. The van der Waals surface area contributed by atoms with Crippen LogP contribution >= 0.6 is 15.9 Å². The number of halogens is 2. The maximum atomic E-state index is 13.7. The van der Waals surface area contributed by atoms with E-state index in [2.05, 4.69) is 25.9 Å². The molecule has 0 atom stereocenters. The smallest absolute Gasteiger partial charge is 0.160 e. The van der Waals surface area contributed by atoms with Gasteiger partial charge in [-0.15, -0.1) is 0 Å². The van der Waals surface area contributed by atoms with Gasteiger partial charge in [0.1, 0.15) is 11.4 Å². The minimum absolute atomic E-state index is 0.263. The third kappa shape index (κ3) is 2.73. The number of nitrogens with zero attached hydrogens (tertiary/aromatic N) is 2. The van der Waals surface area contributed by atoms with E-state index in [1.165, 1.54) is 12.3 Å². The molecule has 94 valence electrons. The number of hydrogen-bond acceptors (Lipinski definition) is 3. The van der Waals surface area contributed by atoms with Crippen molar-refractivity contribution < 1.29 is 9.50 Å². The van der Waals surface area contributed by atoms with Crippen molar-refractivity contribution in [2.24, 2.45) is 0 Å². The zero-order valence-corrected chi connectivity index (χ0v) is 11.6. The molecule has 1 aromatic heterocycles. The Balaban J connectivity index is 2.55. The van der Waals surface area contributed by atoms with Gasteiger partial charge in [-0.1, -0.05) is 15.9 Å². The number of benzene rings is 1. The summed E-state index contributed by atoms with van der Waals surface area (Å²) in [5.74, 6) is -0.0991. The van der Waals surface area contributed by atoms with Gasteiger partial charge in [0.05, 0.1) is 5.69 Å². The van der Waals surface area contributed by atoms with Gasteiger partial charge in [0.15, 0.2) is 5.82 Å². The van der Waals surface area contributed by atoms with Gasteiger partial charge >= 0.3 is 0 Å². The van der Waals surface area contributed by atoms with Crippen LogP contribution in [0.3, 0.4) is 0 Å². The summed E-state index contributed by atoms with van der Waals surface area (Å²) < 4.78 is 14.5. The summed E-state index contributed by atoms with van der Waals surface area (Å²) in [5, 5.41) is 9.86. The minimum atomic E-state index is -1.15. The topological polar surface area (TPSA) is 46.0 Å². The highest BCUT2D eigenvalue weighted by Gasteiger charge is 2.20. The van der Waals surface area contributed by atoms with Crippen molar-refractivity contribution in [2.75, 3.05) is 0 Å². The summed E-state index contributed by atoms with van der Waals surface area (Å²) in [6, 6.07) is 6.24. The summed E-state index contributed by atoms with van der Waals surface area (Å²) in [6.45, 7) is 3.17. The van der Waals surface area contributed by atoms with E-state index < -0.39 is 5.60 Å². The fourth-order valence-electron chi connectivity index (χ4n) is 1.50. The Labute approximate surface area is 113 Å². The van der Waals surface area contributed by atoms with Crippen molar-refractivity contribution in [3.05, 3.63) is 46.6 Å². The first-order valence-corrected chi connectivity index (χ1v) is 6.18. The molecule has 0 aliphatic carbocycles. The largest absolute Gasteiger partial charge is 0.382 e. The van der Waals surface area contributed by atoms with Crippen LogP contribution in [-0.4, -0.2) is 15.1 Å². The third-order valence-corrected chi connectivity index (χ3v) is 2.90. The molecule has 0 saturated carbocycles. The van der Waals surface area contributed by atoms with Crippen LogP contribution < -0.4 is 0 Å². The predicted molar refractivity (Wildman–Crippen MR) is 70.4 cm³/mol. The monoisotopic (exact) mass is 310 g/mol. The summed E-state index contributed by atoms with van der Waals surface area (Å²) in [5.41, 5.74) is -0.336. The minimum Gasteiger partial charge on any atom is -0.382 e. The molecule has 2 rings (SSSR count). The van der Waals surface area contributed by atoms with E-state index in [-0.39, 0.29) is 11.6 Å². The molecule has 0 aliphatic rings. The van der Waals surface area contributed by atoms with E-state index in [4.69, 9.17) is 0 Å². The Kier molecular flexibility index (Phi) is 3.45. The molecule has 1 N–H and O–H groups in total. The van der Waals surface area contributed by atoms with E-state index in [0.717, 1.165) is 4.47 Å². The lowest BCUT2D eigenvalue weighted by Crippen LogP contribution is -2.19. The van der Waals surface area contributed by atoms with E-state index in [0.29, 0.717) is 11.3 Å². The van der Waals surface area contributed by atoms with Crippen LogP contribution in [0.15, 0.2) is 34.9 Å². The van der Waals surface area contributed by atoms with Crippen molar-refractivity contribution in [1.29, 1.82) is 0 Å². The van der Waals surface area contributed by atoms with Crippen molar-refractivity contribution in [3.63, 3.8) is 0 Å². The number of aliphatic hydroxyl groups is 1. The Hall–Kier alpha value is -1.33. The Morgan fingerprint density at radius 1 is 1.28 bits per heavy atom. The predicted octanol–water partition coefficient (Wildman–Crippen LogP) is 3.27. The number of hydrogen-bond donors (Lipinski definition) is 1. The van der Waals surface area contributed by atoms with E-state index in [1.54, 1.807) is 32.0 Å². The molecule has 0 aliphatic heterocycles. The fraction of sp³-hybridized carbons (Fsp3) is 0.231. The van der Waals surface area contributed by atoms with Crippen LogP contribution in [-0.2, 0) is 5.60 Å². The van der Waals surface area contributed by atoms with Crippen LogP contribution in [0.2, 0.25) is 0 Å². The van der Waals surface area contributed by atoms with E-state index in [9.17, 15) is 9.50 Å². The standard InChI is InChI=1S/C13H12BrFN2O/c1-13(2,18)12-16-6-5-11(17-12)9-7-8(14)3-4-10(9)15/h3-7,18H,1-2H3. The van der Waals surface area contributed by atoms with Crippen molar-refractivity contribution in [1.82, 2.24) is 9.97 Å². The first-order valence-electron chi connectivity index (χ1n) is 5.39. The zero-order valence-electron chi connectivity index (χ0n) is 9.98. The normalized spacial score (nSPS) is 11.6. The van der Waals surface area contributed by atoms with Crippen LogP contribution in [0.4, 0.5) is 4.39 Å². The number of rotatable bonds is 2. The molecular weight excluding hydrogens is 299 g/mol. The number of aromatic nitrogens is 2. The van der Waals surface area contributed by atoms with Gasteiger partial charge in [-0.2, -0.15) is 0 Å². The molecule has 3 nitrogen and oxygen atoms in total. The van der Waals surface area contributed by atoms with Gasteiger partial charge in [-0.05, 0) is 38.1 Å². The molecule has 0 radical (unpaired) electrons. The second-order valence-electron chi connectivity index (χ2n) is 4.45. The SMILES string of the molecule is CC(C)(O)c1nccc(-c2cc(Br)ccc2F)n1. The third-order valence-electron chi connectivity index (χ3n) is 2.41. The lowest BCUT2D eigenvalue weighted by atomic mass is 10.1. The quantitative estimate of drug-likeness (QED) is 0.926. The lowest BCUT2D eigenvalue weighted by Gasteiger charge is -2.15. The van der Waals surface area contributed by atoms with E-state index in [1.807, 2.05) is 0 Å². The first kappa shape index (κ1) is 13.1. The van der Waals surface area contributed by atoms with Gasteiger partial charge in [-0.25, -0.2) is 14.4 Å². The summed E-state index contributed by atoms with van der Waals surface area (Å²) in [4.78, 5) is 8.19. The molecule has 2 aromatic rings. The van der Waals surface area contributed by atoms with Crippen LogP contribution in [0, 0.1) is 5.82 Å². The van der Waals surface area contributed by atoms with Gasteiger partial charge in [0, 0.05) is 16.2 Å². The molecule has 1 heterocycles. The Morgan fingerprint density at radius 2 is 2.00 bits per heavy atom. The molecule has 0 fully saturated rings. The summed E-state index contributed by atoms with van der Waals surface area (Å²) in [7, 11) is 0. The highest BCUT2D eigenvalue weighted by atomic mass is 79.9. The van der Waals surface area contributed by atoms with Crippen molar-refractivity contribution in [2.45, 2.75) is 19.4 Å². The second kappa shape index (κ2) is 4.74. The summed E-state index contributed by atoms with van der Waals surface area (Å²) >= 11 is 3.29. The summed E-state index contributed by atoms with van der Waals surface area (Å²) in [6.07, 6.45) is 1.51. The Morgan fingerprint density at radius 3 is 2.67 bits per heavy atom. The molecule has 18 heavy (non-hydrogen) atoms. The van der Waals surface area contributed by atoms with Crippen LogP contribution in [0.25, 0.3) is 11.3 Å². The van der Waals surface area contributed by atoms with Crippen LogP contribution in [0.5, 0.6) is 0 Å². The molecule has 1 aromatic carbocycles. The maximum absolute atomic E-state index is 13.7. The lowest BCUT2D eigenvalue weighted by molar-refractivity contribution is 0.0688. The van der Waals surface area contributed by atoms with Gasteiger partial charge in [0.2, 0.25) is 0 Å².